The molecule has 3 aromatic rings. The second kappa shape index (κ2) is 4.72. The summed E-state index contributed by atoms with van der Waals surface area (Å²) < 4.78 is 5.89. The van der Waals surface area contributed by atoms with E-state index in [2.05, 4.69) is 29.4 Å². The van der Waals surface area contributed by atoms with Gasteiger partial charge in [0.05, 0.1) is 5.69 Å². The zero-order valence-corrected chi connectivity index (χ0v) is 12.2. The van der Waals surface area contributed by atoms with Crippen LogP contribution < -0.4 is 5.32 Å². The lowest BCUT2D eigenvalue weighted by atomic mass is 10.2. The summed E-state index contributed by atoms with van der Waals surface area (Å²) in [5, 5.41) is 5.66. The molecular weight excluding hydrogens is 268 g/mol. The fourth-order valence-corrected chi connectivity index (χ4v) is 3.28. The van der Waals surface area contributed by atoms with Crippen LogP contribution in [0.3, 0.4) is 0 Å². The number of aromatic nitrogens is 1. The van der Waals surface area contributed by atoms with Gasteiger partial charge in [0.1, 0.15) is 5.58 Å². The van der Waals surface area contributed by atoms with Gasteiger partial charge in [-0.15, -0.1) is 11.3 Å². The lowest BCUT2D eigenvalue weighted by Gasteiger charge is -1.99. The molecule has 4 heteroatoms. The monoisotopic (exact) mass is 284 g/mol. The smallest absolute Gasteiger partial charge is 0.164 e. The second-order valence-corrected chi connectivity index (χ2v) is 6.41. The molecule has 0 saturated heterocycles. The largest absolute Gasteiger partial charge is 0.454 e. The van der Waals surface area contributed by atoms with Gasteiger partial charge >= 0.3 is 0 Å². The van der Waals surface area contributed by atoms with Crippen LogP contribution in [0.2, 0.25) is 0 Å². The molecule has 1 saturated carbocycles. The predicted molar refractivity (Wildman–Crippen MR) is 81.9 cm³/mol. The first-order chi connectivity index (χ1) is 9.79. The van der Waals surface area contributed by atoms with Crippen LogP contribution in [-0.4, -0.2) is 11.0 Å². The molecule has 1 N–H and O–H groups in total. The van der Waals surface area contributed by atoms with Crippen molar-refractivity contribution in [3.8, 4) is 10.8 Å². The highest BCUT2D eigenvalue weighted by Crippen LogP contribution is 2.32. The third kappa shape index (κ3) is 2.25. The van der Waals surface area contributed by atoms with E-state index in [9.17, 15) is 0 Å². The van der Waals surface area contributed by atoms with Crippen LogP contribution in [0.15, 0.2) is 34.7 Å². The highest BCUT2D eigenvalue weighted by Gasteiger charge is 2.21. The van der Waals surface area contributed by atoms with Gasteiger partial charge in [-0.1, -0.05) is 18.2 Å². The fraction of sp³-hybridized carbons (Fsp3) is 0.312. The van der Waals surface area contributed by atoms with Gasteiger partial charge in [-0.2, -0.15) is 0 Å². The Balaban J connectivity index is 1.65. The molecule has 0 aliphatic heterocycles. The number of para-hydroxylation sites is 1. The van der Waals surface area contributed by atoms with Gasteiger partial charge in [0, 0.05) is 22.8 Å². The van der Waals surface area contributed by atoms with Crippen molar-refractivity contribution in [3.05, 3.63) is 40.9 Å². The maximum Gasteiger partial charge on any atom is 0.164 e. The number of rotatable bonds is 4. The van der Waals surface area contributed by atoms with E-state index >= 15 is 0 Å². The maximum absolute atomic E-state index is 5.89. The van der Waals surface area contributed by atoms with E-state index < -0.39 is 0 Å². The van der Waals surface area contributed by atoms with E-state index in [0.717, 1.165) is 40.0 Å². The summed E-state index contributed by atoms with van der Waals surface area (Å²) in [5.74, 6) is 0.872. The number of nitrogens with one attached hydrogen (secondary N) is 1. The highest BCUT2D eigenvalue weighted by molar-refractivity contribution is 7.15. The second-order valence-electron chi connectivity index (χ2n) is 5.33. The van der Waals surface area contributed by atoms with Crippen LogP contribution in [0.25, 0.3) is 21.7 Å². The van der Waals surface area contributed by atoms with Crippen molar-refractivity contribution in [2.45, 2.75) is 32.4 Å². The zero-order chi connectivity index (χ0) is 13.5. The average Bonchev–Trinajstić information content (AvgIpc) is 3.06. The summed E-state index contributed by atoms with van der Waals surface area (Å²) in [7, 11) is 0. The number of thiazole rings is 1. The molecule has 1 aliphatic rings. The van der Waals surface area contributed by atoms with E-state index in [1.165, 1.54) is 17.7 Å². The van der Waals surface area contributed by atoms with Gasteiger partial charge in [-0.05, 0) is 31.9 Å². The Morgan fingerprint density at radius 3 is 3.00 bits per heavy atom. The molecule has 20 heavy (non-hydrogen) atoms. The topological polar surface area (TPSA) is 38.1 Å². The highest BCUT2D eigenvalue weighted by atomic mass is 32.1. The van der Waals surface area contributed by atoms with Gasteiger partial charge in [0.25, 0.3) is 0 Å². The number of fused-ring (bicyclic) bond motifs is 1. The summed E-state index contributed by atoms with van der Waals surface area (Å²) in [5.41, 5.74) is 2.03. The first-order valence-electron chi connectivity index (χ1n) is 6.98. The summed E-state index contributed by atoms with van der Waals surface area (Å²) >= 11 is 1.73. The van der Waals surface area contributed by atoms with Crippen molar-refractivity contribution in [2.75, 3.05) is 0 Å². The SMILES string of the molecule is Cc1nc(-c2cc3ccccc3o2)sc1CNC1CC1. The molecule has 1 fully saturated rings. The van der Waals surface area contributed by atoms with Gasteiger partial charge in [-0.3, -0.25) is 0 Å². The van der Waals surface area contributed by atoms with Gasteiger partial charge in [0.15, 0.2) is 10.8 Å². The molecule has 1 aliphatic carbocycles. The van der Waals surface area contributed by atoms with Crippen molar-refractivity contribution in [2.24, 2.45) is 0 Å². The van der Waals surface area contributed by atoms with E-state index in [1.807, 2.05) is 18.2 Å². The number of hydrogen-bond acceptors (Lipinski definition) is 4. The van der Waals surface area contributed by atoms with Crippen LogP contribution in [0.1, 0.15) is 23.4 Å². The number of nitrogens with zero attached hydrogens (tertiary/aromatic N) is 1. The maximum atomic E-state index is 5.89. The van der Waals surface area contributed by atoms with Gasteiger partial charge in [-0.25, -0.2) is 4.98 Å². The van der Waals surface area contributed by atoms with Crippen LogP contribution >= 0.6 is 11.3 Å². The molecule has 0 amide bonds. The summed E-state index contributed by atoms with van der Waals surface area (Å²) in [6.07, 6.45) is 2.63. The Kier molecular flexibility index (Phi) is 2.86. The standard InChI is InChI=1S/C16H16N2OS/c1-10-15(9-17-12-6-7-12)20-16(18-10)14-8-11-4-2-3-5-13(11)19-14/h2-5,8,12,17H,6-7,9H2,1H3. The average molecular weight is 284 g/mol. The quantitative estimate of drug-likeness (QED) is 0.783. The molecule has 2 heterocycles. The van der Waals surface area contributed by atoms with Crippen LogP contribution in [0, 0.1) is 6.92 Å². The Morgan fingerprint density at radius 1 is 1.35 bits per heavy atom. The minimum Gasteiger partial charge on any atom is -0.454 e. The van der Waals surface area contributed by atoms with E-state index in [-0.39, 0.29) is 0 Å². The van der Waals surface area contributed by atoms with E-state index in [4.69, 9.17) is 4.42 Å². The van der Waals surface area contributed by atoms with Crippen molar-refractivity contribution < 1.29 is 4.42 Å². The van der Waals surface area contributed by atoms with Crippen LogP contribution in [-0.2, 0) is 6.54 Å². The van der Waals surface area contributed by atoms with E-state index in [0.29, 0.717) is 0 Å². The third-order valence-electron chi connectivity index (χ3n) is 3.66. The predicted octanol–water partition coefficient (Wildman–Crippen LogP) is 4.12. The Bertz CT molecular complexity index is 722. The number of hydrogen-bond donors (Lipinski definition) is 1. The third-order valence-corrected chi connectivity index (χ3v) is 4.83. The molecule has 2 aromatic heterocycles. The van der Waals surface area contributed by atoms with Crippen LogP contribution in [0.5, 0.6) is 0 Å². The molecule has 102 valence electrons. The Labute approximate surface area is 121 Å². The number of furan rings is 1. The van der Waals surface area contributed by atoms with Gasteiger partial charge < -0.3 is 9.73 Å². The molecule has 0 spiro atoms. The minimum atomic E-state index is 0.728. The first kappa shape index (κ1) is 12.1. The summed E-state index contributed by atoms with van der Waals surface area (Å²) in [4.78, 5) is 5.97. The van der Waals surface area contributed by atoms with Gasteiger partial charge in [0.2, 0.25) is 0 Å². The molecule has 0 unspecified atom stereocenters. The summed E-state index contributed by atoms with van der Waals surface area (Å²) in [6, 6.07) is 10.9. The van der Waals surface area contributed by atoms with Crippen molar-refractivity contribution in [3.63, 3.8) is 0 Å². The lowest BCUT2D eigenvalue weighted by Crippen LogP contribution is -2.14. The Hall–Kier alpha value is -1.65. The minimum absolute atomic E-state index is 0.728. The number of benzene rings is 1. The van der Waals surface area contributed by atoms with Crippen LogP contribution in [0.4, 0.5) is 0 Å². The molecule has 1 aromatic carbocycles. The van der Waals surface area contributed by atoms with Crippen molar-refractivity contribution in [1.29, 1.82) is 0 Å². The Morgan fingerprint density at radius 2 is 2.20 bits per heavy atom. The summed E-state index contributed by atoms with van der Waals surface area (Å²) in [6.45, 7) is 3.00. The number of aryl methyl sites for hydroxylation is 1. The normalized spacial score (nSPS) is 15.1. The molecule has 4 rings (SSSR count). The first-order valence-corrected chi connectivity index (χ1v) is 7.80. The zero-order valence-electron chi connectivity index (χ0n) is 11.3. The molecule has 0 bridgehead atoms. The van der Waals surface area contributed by atoms with Crippen molar-refractivity contribution >= 4 is 22.3 Å². The van der Waals surface area contributed by atoms with Crippen molar-refractivity contribution in [1.82, 2.24) is 10.3 Å². The molecular formula is C16H16N2OS. The lowest BCUT2D eigenvalue weighted by molar-refractivity contribution is 0.630. The molecule has 3 nitrogen and oxygen atoms in total. The molecule has 0 atom stereocenters. The fourth-order valence-electron chi connectivity index (χ4n) is 2.31. The molecule has 0 radical (unpaired) electrons. The van der Waals surface area contributed by atoms with E-state index in [1.54, 1.807) is 11.3 Å².